The van der Waals surface area contributed by atoms with Crippen LogP contribution < -0.4 is 0 Å². The summed E-state index contributed by atoms with van der Waals surface area (Å²) in [6.45, 7) is 1.95. The summed E-state index contributed by atoms with van der Waals surface area (Å²) < 4.78 is 0. The highest BCUT2D eigenvalue weighted by molar-refractivity contribution is 7.99. The molecule has 1 heterocycles. The largest absolute Gasteiger partial charge is 0.387 e. The van der Waals surface area contributed by atoms with Gasteiger partial charge >= 0.3 is 0 Å². The molecule has 1 unspecified atom stereocenters. The molecule has 0 saturated heterocycles. The molecule has 21 heavy (non-hydrogen) atoms. The minimum atomic E-state index is -0.468. The van der Waals surface area contributed by atoms with Gasteiger partial charge in [0.05, 0.1) is 11.8 Å². The fourth-order valence-corrected chi connectivity index (χ4v) is 3.06. The first-order valence-corrected chi connectivity index (χ1v) is 7.88. The van der Waals surface area contributed by atoms with Crippen LogP contribution in [-0.2, 0) is 0 Å². The molecule has 1 atom stereocenters. The average Bonchev–Trinajstić information content (AvgIpc) is 2.55. The van der Waals surface area contributed by atoms with Gasteiger partial charge in [-0.2, -0.15) is 0 Å². The van der Waals surface area contributed by atoms with E-state index in [4.69, 9.17) is 0 Å². The second kappa shape index (κ2) is 6.29. The minimum Gasteiger partial charge on any atom is -0.387 e. The third kappa shape index (κ3) is 3.26. The molecule has 0 amide bonds. The Morgan fingerprint density at radius 2 is 1.76 bits per heavy atom. The maximum absolute atomic E-state index is 9.76. The maximum atomic E-state index is 9.76. The van der Waals surface area contributed by atoms with E-state index >= 15 is 0 Å². The van der Waals surface area contributed by atoms with Gasteiger partial charge in [-0.05, 0) is 41.5 Å². The van der Waals surface area contributed by atoms with Gasteiger partial charge in [-0.1, -0.05) is 49.0 Å². The van der Waals surface area contributed by atoms with Gasteiger partial charge in [0.2, 0.25) is 0 Å². The van der Waals surface area contributed by atoms with Crippen LogP contribution in [0, 0.1) is 0 Å². The Bertz CT molecular complexity index is 740. The number of aromatic nitrogens is 1. The van der Waals surface area contributed by atoms with E-state index in [1.165, 1.54) is 15.7 Å². The van der Waals surface area contributed by atoms with Crippen molar-refractivity contribution in [3.63, 3.8) is 0 Å². The molecule has 1 aromatic heterocycles. The molecule has 3 heteroatoms. The Balaban J connectivity index is 1.81. The van der Waals surface area contributed by atoms with Crippen LogP contribution in [0.15, 0.2) is 70.6 Å². The molecule has 0 aliphatic heterocycles. The van der Waals surface area contributed by atoms with E-state index in [9.17, 15) is 5.11 Å². The summed E-state index contributed by atoms with van der Waals surface area (Å²) in [7, 11) is 0. The summed E-state index contributed by atoms with van der Waals surface area (Å²) >= 11 is 1.69. The van der Waals surface area contributed by atoms with Gasteiger partial charge in [0.15, 0.2) is 0 Å². The van der Waals surface area contributed by atoms with Crippen LogP contribution in [0.4, 0.5) is 0 Å². The van der Waals surface area contributed by atoms with Crippen molar-refractivity contribution in [1.29, 1.82) is 0 Å². The van der Waals surface area contributed by atoms with Crippen molar-refractivity contribution in [2.24, 2.45) is 0 Å². The van der Waals surface area contributed by atoms with Crippen LogP contribution in [0.3, 0.4) is 0 Å². The van der Waals surface area contributed by atoms with E-state index in [1.54, 1.807) is 11.8 Å². The molecule has 0 bridgehead atoms. The van der Waals surface area contributed by atoms with Crippen LogP contribution in [0.2, 0.25) is 0 Å². The predicted molar refractivity (Wildman–Crippen MR) is 87.6 cm³/mol. The van der Waals surface area contributed by atoms with Gasteiger partial charge in [0, 0.05) is 16.0 Å². The molecule has 0 fully saturated rings. The molecule has 0 spiro atoms. The van der Waals surface area contributed by atoms with Crippen molar-refractivity contribution < 1.29 is 5.11 Å². The van der Waals surface area contributed by atoms with Crippen molar-refractivity contribution >= 4 is 22.5 Å². The summed E-state index contributed by atoms with van der Waals surface area (Å²) in [5.41, 5.74) is 0.736. The third-order valence-corrected chi connectivity index (χ3v) is 4.41. The molecular weight excluding hydrogens is 278 g/mol. The van der Waals surface area contributed by atoms with Gasteiger partial charge in [-0.25, -0.2) is 0 Å². The van der Waals surface area contributed by atoms with Crippen LogP contribution in [0.1, 0.15) is 25.1 Å². The molecule has 106 valence electrons. The number of hydrogen-bond acceptors (Lipinski definition) is 3. The average molecular weight is 295 g/mol. The van der Waals surface area contributed by atoms with Crippen LogP contribution >= 0.6 is 11.8 Å². The first-order valence-electron chi connectivity index (χ1n) is 7.07. The first kappa shape index (κ1) is 14.1. The van der Waals surface area contributed by atoms with E-state index in [0.29, 0.717) is 6.42 Å². The quantitative estimate of drug-likeness (QED) is 0.748. The van der Waals surface area contributed by atoms with Crippen LogP contribution in [0.25, 0.3) is 10.8 Å². The van der Waals surface area contributed by atoms with Gasteiger partial charge in [0.25, 0.3) is 0 Å². The highest BCUT2D eigenvalue weighted by Crippen LogP contribution is 2.30. The zero-order valence-electron chi connectivity index (χ0n) is 11.9. The summed E-state index contributed by atoms with van der Waals surface area (Å²) in [6, 6.07) is 18.7. The number of hydrogen-bond donors (Lipinski definition) is 1. The lowest BCUT2D eigenvalue weighted by atomic mass is 10.1. The highest BCUT2D eigenvalue weighted by Gasteiger charge is 2.06. The van der Waals surface area contributed by atoms with Crippen molar-refractivity contribution in [1.82, 2.24) is 4.98 Å². The molecular formula is C18H17NOS. The van der Waals surface area contributed by atoms with Gasteiger partial charge in [-0.15, -0.1) is 0 Å². The van der Waals surface area contributed by atoms with Crippen molar-refractivity contribution in [3.8, 4) is 0 Å². The lowest BCUT2D eigenvalue weighted by Crippen LogP contribution is -1.97. The summed E-state index contributed by atoms with van der Waals surface area (Å²) in [6.07, 6.45) is 2.04. The fraction of sp³-hybridized carbons (Fsp3) is 0.167. The summed E-state index contributed by atoms with van der Waals surface area (Å²) in [5.74, 6) is 0. The SMILES string of the molecule is CCC(O)c1ccc(Sc2ccc3ccccc3c2)cn1. The molecule has 0 aliphatic rings. The molecule has 2 aromatic carbocycles. The summed E-state index contributed by atoms with van der Waals surface area (Å²) in [5, 5.41) is 12.3. The number of fused-ring (bicyclic) bond motifs is 1. The van der Waals surface area contributed by atoms with Crippen LogP contribution in [-0.4, -0.2) is 10.1 Å². The number of aliphatic hydroxyl groups excluding tert-OH is 1. The molecule has 0 radical (unpaired) electrons. The highest BCUT2D eigenvalue weighted by atomic mass is 32.2. The standard InChI is InChI=1S/C18H17NOS/c1-2-18(20)17-10-9-16(12-19-17)21-15-8-7-13-5-3-4-6-14(13)11-15/h3-12,18,20H,2H2,1H3. The first-order chi connectivity index (χ1) is 10.3. The van der Waals surface area contributed by atoms with Gasteiger partial charge in [-0.3, -0.25) is 4.98 Å². The topological polar surface area (TPSA) is 33.1 Å². The zero-order chi connectivity index (χ0) is 14.7. The van der Waals surface area contributed by atoms with E-state index < -0.39 is 6.10 Å². The van der Waals surface area contributed by atoms with E-state index in [1.807, 2.05) is 25.3 Å². The Labute approximate surface area is 128 Å². The molecule has 0 saturated carbocycles. The second-order valence-corrected chi connectivity index (χ2v) is 6.10. The van der Waals surface area contributed by atoms with Crippen molar-refractivity contribution in [3.05, 3.63) is 66.5 Å². The third-order valence-electron chi connectivity index (χ3n) is 3.44. The van der Waals surface area contributed by atoms with Crippen LogP contribution in [0.5, 0.6) is 0 Å². The second-order valence-electron chi connectivity index (χ2n) is 4.95. The van der Waals surface area contributed by atoms with Crippen molar-refractivity contribution in [2.75, 3.05) is 0 Å². The smallest absolute Gasteiger partial charge is 0.0957 e. The van der Waals surface area contributed by atoms with Gasteiger partial charge < -0.3 is 5.11 Å². The number of pyridine rings is 1. The number of benzene rings is 2. The Morgan fingerprint density at radius 3 is 2.48 bits per heavy atom. The Kier molecular flexibility index (Phi) is 4.23. The predicted octanol–water partition coefficient (Wildman–Crippen LogP) is 4.83. The van der Waals surface area contributed by atoms with E-state index in [-0.39, 0.29) is 0 Å². The van der Waals surface area contributed by atoms with Gasteiger partial charge in [0.1, 0.15) is 0 Å². The molecule has 3 rings (SSSR count). The lowest BCUT2D eigenvalue weighted by molar-refractivity contribution is 0.169. The van der Waals surface area contributed by atoms with E-state index in [0.717, 1.165) is 10.6 Å². The Hall–Kier alpha value is -1.84. The monoisotopic (exact) mass is 295 g/mol. The molecule has 3 aromatic rings. The molecule has 0 aliphatic carbocycles. The van der Waals surface area contributed by atoms with E-state index in [2.05, 4.69) is 47.4 Å². The maximum Gasteiger partial charge on any atom is 0.0957 e. The zero-order valence-corrected chi connectivity index (χ0v) is 12.7. The molecule has 2 nitrogen and oxygen atoms in total. The number of aliphatic hydroxyl groups is 1. The fourth-order valence-electron chi connectivity index (χ4n) is 2.23. The van der Waals surface area contributed by atoms with Crippen molar-refractivity contribution in [2.45, 2.75) is 29.2 Å². The number of nitrogens with zero attached hydrogens (tertiary/aromatic N) is 1. The minimum absolute atomic E-state index is 0.468. The number of rotatable bonds is 4. The summed E-state index contributed by atoms with van der Waals surface area (Å²) in [4.78, 5) is 6.61. The normalized spacial score (nSPS) is 12.5. The lowest BCUT2D eigenvalue weighted by Gasteiger charge is -2.08. The molecule has 1 N–H and O–H groups in total. The Morgan fingerprint density at radius 1 is 1.00 bits per heavy atom.